The van der Waals surface area contributed by atoms with Crippen LogP contribution in [-0.4, -0.2) is 21.3 Å². The highest BCUT2D eigenvalue weighted by molar-refractivity contribution is 5.51. The molecule has 1 rings (SSSR count). The van der Waals surface area contributed by atoms with Crippen molar-refractivity contribution in [3.8, 4) is 11.5 Å². The summed E-state index contributed by atoms with van der Waals surface area (Å²) in [6.07, 6.45) is 0. The summed E-state index contributed by atoms with van der Waals surface area (Å²) in [6.45, 7) is 6.23. The summed E-state index contributed by atoms with van der Waals surface area (Å²) in [5.74, 6) is 1.72. The maximum absolute atomic E-state index is 5.44. The van der Waals surface area contributed by atoms with Crippen LogP contribution in [0.5, 0.6) is 11.5 Å². The largest absolute Gasteiger partial charge is 0.496 e. The monoisotopic (exact) mass is 223 g/mol. The van der Waals surface area contributed by atoms with E-state index in [0.717, 1.165) is 22.6 Å². The van der Waals surface area contributed by atoms with Crippen molar-refractivity contribution < 1.29 is 9.47 Å². The van der Waals surface area contributed by atoms with Crippen LogP contribution in [0.1, 0.15) is 25.0 Å². The van der Waals surface area contributed by atoms with Crippen LogP contribution in [0.15, 0.2) is 12.1 Å². The average Bonchev–Trinajstić information content (AvgIpc) is 2.27. The Morgan fingerprint density at radius 1 is 1.06 bits per heavy atom. The van der Waals surface area contributed by atoms with E-state index >= 15 is 0 Å². The molecule has 3 nitrogen and oxygen atoms in total. The van der Waals surface area contributed by atoms with E-state index in [1.165, 1.54) is 0 Å². The highest BCUT2D eigenvalue weighted by atomic mass is 16.5. The molecule has 0 saturated heterocycles. The minimum atomic E-state index is -0.190. The van der Waals surface area contributed by atoms with Crippen LogP contribution >= 0.6 is 0 Å². The molecule has 0 atom stereocenters. The van der Waals surface area contributed by atoms with Crippen molar-refractivity contribution in [3.05, 3.63) is 23.3 Å². The molecule has 90 valence electrons. The summed E-state index contributed by atoms with van der Waals surface area (Å²) in [4.78, 5) is 0. The first kappa shape index (κ1) is 12.8. The van der Waals surface area contributed by atoms with Gasteiger partial charge in [-0.15, -0.1) is 0 Å². The summed E-state index contributed by atoms with van der Waals surface area (Å²) in [5.41, 5.74) is 1.99. The first-order valence-electron chi connectivity index (χ1n) is 5.38. The fourth-order valence-corrected chi connectivity index (χ4v) is 1.78. The normalized spacial score (nSPS) is 11.4. The lowest BCUT2D eigenvalue weighted by Gasteiger charge is -2.28. The molecule has 0 bridgehead atoms. The lowest BCUT2D eigenvalue weighted by atomic mass is 9.91. The van der Waals surface area contributed by atoms with E-state index in [0.29, 0.717) is 0 Å². The van der Waals surface area contributed by atoms with Crippen LogP contribution in [0.25, 0.3) is 0 Å². The van der Waals surface area contributed by atoms with Crippen LogP contribution in [0, 0.1) is 6.92 Å². The van der Waals surface area contributed by atoms with Gasteiger partial charge < -0.3 is 14.8 Å². The molecule has 0 aliphatic carbocycles. The van der Waals surface area contributed by atoms with Gasteiger partial charge in [-0.05, 0) is 45.5 Å². The quantitative estimate of drug-likeness (QED) is 0.850. The Labute approximate surface area is 97.8 Å². The molecule has 0 aliphatic heterocycles. The van der Waals surface area contributed by atoms with Crippen molar-refractivity contribution in [3.63, 3.8) is 0 Å². The SMILES string of the molecule is CNC(C)(C)c1c(OC)cc(C)cc1OC. The molecular formula is C13H21NO2. The maximum atomic E-state index is 5.44. The molecule has 0 amide bonds. The van der Waals surface area contributed by atoms with Crippen LogP contribution < -0.4 is 14.8 Å². The van der Waals surface area contributed by atoms with Gasteiger partial charge in [0.05, 0.1) is 19.8 Å². The number of rotatable bonds is 4. The molecule has 0 aliphatic rings. The Bertz CT molecular complexity index is 347. The predicted molar refractivity (Wildman–Crippen MR) is 66.4 cm³/mol. The van der Waals surface area contributed by atoms with Gasteiger partial charge in [0, 0.05) is 5.54 Å². The van der Waals surface area contributed by atoms with E-state index in [-0.39, 0.29) is 5.54 Å². The first-order valence-corrected chi connectivity index (χ1v) is 5.38. The number of methoxy groups -OCH3 is 2. The summed E-state index contributed by atoms with van der Waals surface area (Å²) in [5, 5.41) is 3.27. The average molecular weight is 223 g/mol. The van der Waals surface area contributed by atoms with Crippen molar-refractivity contribution in [1.29, 1.82) is 0 Å². The highest BCUT2D eigenvalue weighted by Crippen LogP contribution is 2.38. The van der Waals surface area contributed by atoms with Gasteiger partial charge in [-0.2, -0.15) is 0 Å². The van der Waals surface area contributed by atoms with Gasteiger partial charge in [0.2, 0.25) is 0 Å². The topological polar surface area (TPSA) is 30.5 Å². The number of hydrogen-bond acceptors (Lipinski definition) is 3. The smallest absolute Gasteiger partial charge is 0.127 e. The van der Waals surface area contributed by atoms with Gasteiger partial charge in [0.25, 0.3) is 0 Å². The lowest BCUT2D eigenvalue weighted by Crippen LogP contribution is -2.34. The Morgan fingerprint density at radius 3 is 1.81 bits per heavy atom. The molecule has 0 saturated carbocycles. The molecule has 0 aromatic heterocycles. The second-order valence-corrected chi connectivity index (χ2v) is 4.42. The summed E-state index contributed by atoms with van der Waals surface area (Å²) in [6, 6.07) is 4.05. The zero-order chi connectivity index (χ0) is 12.3. The third-order valence-corrected chi connectivity index (χ3v) is 2.90. The number of ether oxygens (including phenoxy) is 2. The van der Waals surface area contributed by atoms with E-state index in [4.69, 9.17) is 9.47 Å². The van der Waals surface area contributed by atoms with Gasteiger partial charge in [0.1, 0.15) is 11.5 Å². The van der Waals surface area contributed by atoms with Crippen LogP contribution in [0.3, 0.4) is 0 Å². The number of nitrogens with one attached hydrogen (secondary N) is 1. The number of benzene rings is 1. The summed E-state index contributed by atoms with van der Waals surface area (Å²) in [7, 11) is 5.30. The Morgan fingerprint density at radius 2 is 1.50 bits per heavy atom. The second-order valence-electron chi connectivity index (χ2n) is 4.42. The molecule has 0 unspecified atom stereocenters. The zero-order valence-corrected chi connectivity index (χ0v) is 11.0. The molecule has 0 radical (unpaired) electrons. The van der Waals surface area contributed by atoms with Crippen molar-refractivity contribution >= 4 is 0 Å². The molecule has 16 heavy (non-hydrogen) atoms. The fraction of sp³-hybridized carbons (Fsp3) is 0.538. The molecule has 1 aromatic rings. The minimum Gasteiger partial charge on any atom is -0.496 e. The predicted octanol–water partition coefficient (Wildman–Crippen LogP) is 2.47. The molecule has 3 heteroatoms. The van der Waals surface area contributed by atoms with Gasteiger partial charge in [0.15, 0.2) is 0 Å². The lowest BCUT2D eigenvalue weighted by molar-refractivity contribution is 0.344. The summed E-state index contributed by atoms with van der Waals surface area (Å²) < 4.78 is 10.9. The van der Waals surface area contributed by atoms with Crippen LogP contribution in [0.4, 0.5) is 0 Å². The van der Waals surface area contributed by atoms with E-state index in [9.17, 15) is 0 Å². The van der Waals surface area contributed by atoms with Crippen molar-refractivity contribution in [2.75, 3.05) is 21.3 Å². The van der Waals surface area contributed by atoms with Crippen molar-refractivity contribution in [2.45, 2.75) is 26.3 Å². The first-order chi connectivity index (χ1) is 7.46. The molecular weight excluding hydrogens is 202 g/mol. The maximum Gasteiger partial charge on any atom is 0.127 e. The zero-order valence-electron chi connectivity index (χ0n) is 11.0. The molecule has 1 N–H and O–H groups in total. The molecule has 0 fully saturated rings. The third kappa shape index (κ3) is 2.30. The van der Waals surface area contributed by atoms with Crippen molar-refractivity contribution in [1.82, 2.24) is 5.32 Å². The van der Waals surface area contributed by atoms with E-state index in [2.05, 4.69) is 19.2 Å². The number of aryl methyl sites for hydroxylation is 1. The standard InChI is InChI=1S/C13H21NO2/c1-9-7-10(15-5)12(11(8-9)16-6)13(2,3)14-4/h7-8,14H,1-6H3. The Hall–Kier alpha value is -1.22. The van der Waals surface area contributed by atoms with Crippen LogP contribution in [-0.2, 0) is 5.54 Å². The summed E-state index contributed by atoms with van der Waals surface area (Å²) >= 11 is 0. The number of hydrogen-bond donors (Lipinski definition) is 1. The third-order valence-electron chi connectivity index (χ3n) is 2.90. The van der Waals surface area contributed by atoms with Gasteiger partial charge in [-0.25, -0.2) is 0 Å². The molecule has 0 spiro atoms. The van der Waals surface area contributed by atoms with Gasteiger partial charge in [-0.1, -0.05) is 0 Å². The minimum absolute atomic E-state index is 0.190. The Balaban J connectivity index is 3.44. The molecule has 0 heterocycles. The van der Waals surface area contributed by atoms with E-state index in [1.54, 1.807) is 14.2 Å². The molecule has 1 aromatic carbocycles. The second kappa shape index (κ2) is 4.74. The van der Waals surface area contributed by atoms with Gasteiger partial charge in [-0.3, -0.25) is 0 Å². The van der Waals surface area contributed by atoms with E-state index < -0.39 is 0 Å². The van der Waals surface area contributed by atoms with Gasteiger partial charge >= 0.3 is 0 Å². The van der Waals surface area contributed by atoms with E-state index in [1.807, 2.05) is 26.1 Å². The Kier molecular flexibility index (Phi) is 3.81. The fourth-order valence-electron chi connectivity index (χ4n) is 1.78. The van der Waals surface area contributed by atoms with Crippen LogP contribution in [0.2, 0.25) is 0 Å². The van der Waals surface area contributed by atoms with Crippen molar-refractivity contribution in [2.24, 2.45) is 0 Å². The highest BCUT2D eigenvalue weighted by Gasteiger charge is 2.26.